The van der Waals surface area contributed by atoms with Gasteiger partial charge in [0.05, 0.1) is 5.56 Å². The molecule has 4 heteroatoms. The third-order valence-corrected chi connectivity index (χ3v) is 2.50. The Hall–Kier alpha value is -1.58. The van der Waals surface area contributed by atoms with Gasteiger partial charge >= 0.3 is 0 Å². The Morgan fingerprint density at radius 2 is 2.12 bits per heavy atom. The number of unbranched alkanes of at least 4 members (excludes halogenated alkanes) is 2. The molecule has 17 heavy (non-hydrogen) atoms. The van der Waals surface area contributed by atoms with Crippen molar-refractivity contribution < 1.29 is 4.79 Å². The Bertz CT molecular complexity index is 346. The van der Waals surface area contributed by atoms with E-state index in [1.807, 2.05) is 6.07 Å². The molecule has 0 aliphatic rings. The molecule has 0 saturated carbocycles. The standard InChI is InChI=1S/C13H21N3O/c1-4-5-6-9-14-12-8-7-11(10-15-12)13(17)16(2)3/h7-8,10H,4-6,9H2,1-3H3,(H,14,15). The van der Waals surface area contributed by atoms with Crippen LogP contribution in [-0.4, -0.2) is 36.4 Å². The van der Waals surface area contributed by atoms with Crippen LogP contribution in [0.4, 0.5) is 5.82 Å². The summed E-state index contributed by atoms with van der Waals surface area (Å²) in [7, 11) is 3.47. The highest BCUT2D eigenvalue weighted by molar-refractivity contribution is 5.93. The fourth-order valence-corrected chi connectivity index (χ4v) is 1.47. The van der Waals surface area contributed by atoms with E-state index >= 15 is 0 Å². The van der Waals surface area contributed by atoms with Gasteiger partial charge in [0.25, 0.3) is 5.91 Å². The van der Waals surface area contributed by atoms with Crippen molar-refractivity contribution in [3.8, 4) is 0 Å². The smallest absolute Gasteiger partial charge is 0.254 e. The van der Waals surface area contributed by atoms with Crippen LogP contribution in [0.2, 0.25) is 0 Å². The van der Waals surface area contributed by atoms with Crippen LogP contribution in [0.25, 0.3) is 0 Å². The average molecular weight is 235 g/mol. The van der Waals surface area contributed by atoms with Gasteiger partial charge in [-0.15, -0.1) is 0 Å². The number of pyridine rings is 1. The quantitative estimate of drug-likeness (QED) is 0.770. The number of hydrogen-bond acceptors (Lipinski definition) is 3. The highest BCUT2D eigenvalue weighted by atomic mass is 16.2. The normalized spacial score (nSPS) is 10.1. The van der Waals surface area contributed by atoms with Gasteiger partial charge in [0, 0.05) is 26.8 Å². The first-order valence-electron chi connectivity index (χ1n) is 6.06. The minimum Gasteiger partial charge on any atom is -0.370 e. The maximum absolute atomic E-state index is 11.6. The van der Waals surface area contributed by atoms with E-state index in [9.17, 15) is 4.79 Å². The summed E-state index contributed by atoms with van der Waals surface area (Å²) in [6.07, 6.45) is 5.20. The summed E-state index contributed by atoms with van der Waals surface area (Å²) in [6, 6.07) is 3.65. The van der Waals surface area contributed by atoms with E-state index in [1.165, 1.54) is 12.8 Å². The summed E-state index contributed by atoms with van der Waals surface area (Å²) >= 11 is 0. The van der Waals surface area contributed by atoms with Crippen LogP contribution in [0.15, 0.2) is 18.3 Å². The van der Waals surface area contributed by atoms with Crippen LogP contribution >= 0.6 is 0 Å². The van der Waals surface area contributed by atoms with Crippen molar-refractivity contribution in [2.45, 2.75) is 26.2 Å². The van der Waals surface area contributed by atoms with Crippen molar-refractivity contribution in [2.24, 2.45) is 0 Å². The molecule has 0 saturated heterocycles. The monoisotopic (exact) mass is 235 g/mol. The molecular formula is C13H21N3O. The second kappa shape index (κ2) is 6.89. The molecule has 0 fully saturated rings. The Morgan fingerprint density at radius 3 is 2.65 bits per heavy atom. The largest absolute Gasteiger partial charge is 0.370 e. The number of hydrogen-bond donors (Lipinski definition) is 1. The first kappa shape index (κ1) is 13.5. The van der Waals surface area contributed by atoms with Crippen molar-refractivity contribution >= 4 is 11.7 Å². The second-order valence-corrected chi connectivity index (χ2v) is 4.27. The summed E-state index contributed by atoms with van der Waals surface area (Å²) in [5.41, 5.74) is 0.620. The average Bonchev–Trinajstić information content (AvgIpc) is 2.34. The lowest BCUT2D eigenvalue weighted by Gasteiger charge is -2.10. The molecule has 0 spiro atoms. The number of carbonyl (C=O) groups is 1. The molecule has 1 rings (SSSR count). The van der Waals surface area contributed by atoms with Gasteiger partial charge in [-0.1, -0.05) is 19.8 Å². The topological polar surface area (TPSA) is 45.2 Å². The van der Waals surface area contributed by atoms with Gasteiger partial charge in [-0.05, 0) is 18.6 Å². The zero-order valence-electron chi connectivity index (χ0n) is 10.9. The highest BCUT2D eigenvalue weighted by Crippen LogP contribution is 2.07. The minimum atomic E-state index is -0.0185. The molecule has 0 atom stereocenters. The Labute approximate surface area is 103 Å². The number of rotatable bonds is 6. The maximum atomic E-state index is 11.6. The molecule has 1 heterocycles. The van der Waals surface area contributed by atoms with Gasteiger partial charge in [-0.3, -0.25) is 4.79 Å². The zero-order valence-corrected chi connectivity index (χ0v) is 10.9. The summed E-state index contributed by atoms with van der Waals surface area (Å²) in [6.45, 7) is 3.11. The van der Waals surface area contributed by atoms with E-state index < -0.39 is 0 Å². The van der Waals surface area contributed by atoms with Crippen LogP contribution in [0.1, 0.15) is 36.5 Å². The van der Waals surface area contributed by atoms with Gasteiger partial charge in [-0.25, -0.2) is 4.98 Å². The predicted octanol–water partition coefficient (Wildman–Crippen LogP) is 2.39. The molecule has 4 nitrogen and oxygen atoms in total. The number of nitrogens with one attached hydrogen (secondary N) is 1. The lowest BCUT2D eigenvalue weighted by atomic mass is 10.2. The van der Waals surface area contributed by atoms with Gasteiger partial charge in [-0.2, -0.15) is 0 Å². The van der Waals surface area contributed by atoms with E-state index in [4.69, 9.17) is 0 Å². The summed E-state index contributed by atoms with van der Waals surface area (Å²) in [5.74, 6) is 0.812. The lowest BCUT2D eigenvalue weighted by Crippen LogP contribution is -2.21. The Balaban J connectivity index is 2.47. The molecule has 0 radical (unpaired) electrons. The second-order valence-electron chi connectivity index (χ2n) is 4.27. The fraction of sp³-hybridized carbons (Fsp3) is 0.538. The Morgan fingerprint density at radius 1 is 1.35 bits per heavy atom. The first-order valence-corrected chi connectivity index (χ1v) is 6.06. The third kappa shape index (κ3) is 4.43. The van der Waals surface area contributed by atoms with E-state index in [0.717, 1.165) is 18.8 Å². The number of amides is 1. The molecule has 0 unspecified atom stereocenters. The number of aromatic nitrogens is 1. The molecule has 1 aromatic heterocycles. The van der Waals surface area contributed by atoms with Crippen molar-refractivity contribution in [1.82, 2.24) is 9.88 Å². The molecule has 0 aliphatic heterocycles. The molecular weight excluding hydrogens is 214 g/mol. The molecule has 1 amide bonds. The van der Waals surface area contributed by atoms with Gasteiger partial charge in [0.2, 0.25) is 0 Å². The van der Waals surface area contributed by atoms with Crippen LogP contribution in [0, 0.1) is 0 Å². The number of carbonyl (C=O) groups excluding carboxylic acids is 1. The molecule has 94 valence electrons. The lowest BCUT2D eigenvalue weighted by molar-refractivity contribution is 0.0827. The minimum absolute atomic E-state index is 0.0185. The molecule has 1 aromatic rings. The van der Waals surface area contributed by atoms with E-state index in [0.29, 0.717) is 5.56 Å². The fourth-order valence-electron chi connectivity index (χ4n) is 1.47. The molecule has 0 bridgehead atoms. The Kier molecular flexibility index (Phi) is 5.46. The summed E-state index contributed by atoms with van der Waals surface area (Å²) < 4.78 is 0. The summed E-state index contributed by atoms with van der Waals surface area (Å²) in [4.78, 5) is 17.4. The van der Waals surface area contributed by atoms with Crippen LogP contribution < -0.4 is 5.32 Å². The SMILES string of the molecule is CCCCCNc1ccc(C(=O)N(C)C)cn1. The van der Waals surface area contributed by atoms with E-state index in [1.54, 1.807) is 31.3 Å². The number of anilines is 1. The van der Waals surface area contributed by atoms with Crippen molar-refractivity contribution in [3.63, 3.8) is 0 Å². The van der Waals surface area contributed by atoms with Crippen LogP contribution in [0.5, 0.6) is 0 Å². The van der Waals surface area contributed by atoms with E-state index in [2.05, 4.69) is 17.2 Å². The van der Waals surface area contributed by atoms with Crippen LogP contribution in [-0.2, 0) is 0 Å². The highest BCUT2D eigenvalue weighted by Gasteiger charge is 2.07. The molecule has 1 N–H and O–H groups in total. The molecule has 0 aliphatic carbocycles. The van der Waals surface area contributed by atoms with Gasteiger partial charge in [0.1, 0.15) is 5.82 Å². The van der Waals surface area contributed by atoms with Crippen molar-refractivity contribution in [3.05, 3.63) is 23.9 Å². The zero-order chi connectivity index (χ0) is 12.7. The molecule has 0 aromatic carbocycles. The third-order valence-electron chi connectivity index (χ3n) is 2.50. The van der Waals surface area contributed by atoms with Crippen molar-refractivity contribution in [1.29, 1.82) is 0 Å². The van der Waals surface area contributed by atoms with Crippen molar-refractivity contribution in [2.75, 3.05) is 26.0 Å². The summed E-state index contributed by atoms with van der Waals surface area (Å²) in [5, 5.41) is 3.24. The first-order chi connectivity index (χ1) is 8.15. The predicted molar refractivity (Wildman–Crippen MR) is 70.3 cm³/mol. The van der Waals surface area contributed by atoms with E-state index in [-0.39, 0.29) is 5.91 Å². The number of nitrogens with zero attached hydrogens (tertiary/aromatic N) is 2. The van der Waals surface area contributed by atoms with Crippen LogP contribution in [0.3, 0.4) is 0 Å². The van der Waals surface area contributed by atoms with Gasteiger partial charge < -0.3 is 10.2 Å². The van der Waals surface area contributed by atoms with Gasteiger partial charge in [0.15, 0.2) is 0 Å². The maximum Gasteiger partial charge on any atom is 0.254 e.